The molecule has 0 unspecified atom stereocenters. The fourth-order valence-corrected chi connectivity index (χ4v) is 3.18. The van der Waals surface area contributed by atoms with Gasteiger partial charge >= 0.3 is 12.1 Å². The zero-order valence-electron chi connectivity index (χ0n) is 15.1. The lowest BCUT2D eigenvalue weighted by Gasteiger charge is -2.14. The highest BCUT2D eigenvalue weighted by Gasteiger charge is 2.28. The van der Waals surface area contributed by atoms with Crippen molar-refractivity contribution < 1.29 is 24.2 Å². The van der Waals surface area contributed by atoms with Crippen molar-refractivity contribution in [2.75, 3.05) is 19.7 Å². The first kappa shape index (κ1) is 19.2. The molecule has 0 saturated carbocycles. The molecule has 0 fully saturated rings. The van der Waals surface area contributed by atoms with E-state index in [-0.39, 0.29) is 19.1 Å². The molecule has 7 nitrogen and oxygen atoms in total. The van der Waals surface area contributed by atoms with Crippen molar-refractivity contribution in [2.45, 2.75) is 5.92 Å². The highest BCUT2D eigenvalue weighted by atomic mass is 16.5. The van der Waals surface area contributed by atoms with E-state index in [9.17, 15) is 14.4 Å². The molecule has 0 bridgehead atoms. The summed E-state index contributed by atoms with van der Waals surface area (Å²) in [5.74, 6) is -1.69. The van der Waals surface area contributed by atoms with Crippen LogP contribution in [0.5, 0.6) is 0 Å². The summed E-state index contributed by atoms with van der Waals surface area (Å²) >= 11 is 0. The average Bonchev–Trinajstić information content (AvgIpc) is 3.02. The Morgan fingerprint density at radius 3 is 2.18 bits per heavy atom. The van der Waals surface area contributed by atoms with Gasteiger partial charge in [-0.3, -0.25) is 9.59 Å². The fraction of sp³-hybridized carbons (Fsp3) is 0.190. The van der Waals surface area contributed by atoms with Gasteiger partial charge in [0.05, 0.1) is 0 Å². The SMILES string of the molecule is O=C(O)CNC(=O)/C=C/CNC(=O)OCC1c2ccccc2-c2ccccc21. The Morgan fingerprint density at radius 2 is 1.57 bits per heavy atom. The number of aliphatic carboxylic acids is 1. The Hall–Kier alpha value is -3.61. The lowest BCUT2D eigenvalue weighted by molar-refractivity contribution is -0.137. The van der Waals surface area contributed by atoms with Crippen LogP contribution in [0, 0.1) is 0 Å². The van der Waals surface area contributed by atoms with E-state index < -0.39 is 24.5 Å². The second-order valence-electron chi connectivity index (χ2n) is 6.22. The van der Waals surface area contributed by atoms with E-state index in [1.54, 1.807) is 0 Å². The standard InChI is InChI=1S/C21H20N2O5/c24-19(23-12-20(25)26)10-5-11-22-21(27)28-13-18-16-8-3-1-6-14(16)15-7-2-4-9-17(15)18/h1-10,18H,11-13H2,(H,22,27)(H,23,24)(H,25,26)/b10-5+. The van der Waals surface area contributed by atoms with E-state index in [0.717, 1.165) is 28.3 Å². The van der Waals surface area contributed by atoms with Gasteiger partial charge in [-0.1, -0.05) is 54.6 Å². The molecule has 2 amide bonds. The first-order valence-electron chi connectivity index (χ1n) is 8.81. The monoisotopic (exact) mass is 380 g/mol. The molecule has 3 rings (SSSR count). The van der Waals surface area contributed by atoms with E-state index in [4.69, 9.17) is 9.84 Å². The summed E-state index contributed by atoms with van der Waals surface area (Å²) in [5.41, 5.74) is 4.57. The lowest BCUT2D eigenvalue weighted by Crippen LogP contribution is -2.28. The number of nitrogens with one attached hydrogen (secondary N) is 2. The van der Waals surface area contributed by atoms with E-state index in [1.807, 2.05) is 36.4 Å². The summed E-state index contributed by atoms with van der Waals surface area (Å²) in [5, 5.41) is 13.2. The van der Waals surface area contributed by atoms with Gasteiger partial charge in [0.1, 0.15) is 13.2 Å². The average molecular weight is 380 g/mol. The molecule has 0 spiro atoms. The van der Waals surface area contributed by atoms with Crippen LogP contribution in [0.25, 0.3) is 11.1 Å². The summed E-state index contributed by atoms with van der Waals surface area (Å²) < 4.78 is 5.36. The van der Waals surface area contributed by atoms with Crippen LogP contribution in [0.2, 0.25) is 0 Å². The molecule has 0 aliphatic heterocycles. The van der Waals surface area contributed by atoms with E-state index in [1.165, 1.54) is 6.08 Å². The summed E-state index contributed by atoms with van der Waals surface area (Å²) in [6.45, 7) is -0.150. The van der Waals surface area contributed by atoms with Gasteiger partial charge in [-0.25, -0.2) is 4.79 Å². The molecular weight excluding hydrogens is 360 g/mol. The number of hydrogen-bond acceptors (Lipinski definition) is 4. The smallest absolute Gasteiger partial charge is 0.407 e. The molecular formula is C21H20N2O5. The number of ether oxygens (including phenoxy) is 1. The van der Waals surface area contributed by atoms with E-state index >= 15 is 0 Å². The summed E-state index contributed by atoms with van der Waals surface area (Å²) in [7, 11) is 0. The first-order valence-corrected chi connectivity index (χ1v) is 8.81. The molecule has 0 atom stereocenters. The van der Waals surface area contributed by atoms with Crippen LogP contribution in [-0.4, -0.2) is 42.8 Å². The van der Waals surface area contributed by atoms with Crippen molar-refractivity contribution in [2.24, 2.45) is 0 Å². The third-order valence-electron chi connectivity index (χ3n) is 4.39. The Balaban J connectivity index is 1.50. The summed E-state index contributed by atoms with van der Waals surface area (Å²) in [6, 6.07) is 16.1. The highest BCUT2D eigenvalue weighted by molar-refractivity contribution is 5.89. The molecule has 0 aromatic heterocycles. The minimum atomic E-state index is -1.13. The van der Waals surface area contributed by atoms with Gasteiger partial charge in [0.15, 0.2) is 0 Å². The maximum atomic E-state index is 11.9. The molecule has 144 valence electrons. The quantitative estimate of drug-likeness (QED) is 0.639. The topological polar surface area (TPSA) is 105 Å². The van der Waals surface area contributed by atoms with Gasteiger partial charge in [0, 0.05) is 18.5 Å². The largest absolute Gasteiger partial charge is 0.480 e. The Morgan fingerprint density at radius 1 is 0.964 bits per heavy atom. The number of alkyl carbamates (subject to hydrolysis) is 1. The molecule has 0 saturated heterocycles. The van der Waals surface area contributed by atoms with Crippen LogP contribution in [0.1, 0.15) is 17.0 Å². The highest BCUT2D eigenvalue weighted by Crippen LogP contribution is 2.44. The van der Waals surface area contributed by atoms with Gasteiger partial charge in [-0.05, 0) is 22.3 Å². The van der Waals surface area contributed by atoms with Crippen LogP contribution < -0.4 is 10.6 Å². The second-order valence-corrected chi connectivity index (χ2v) is 6.22. The number of hydrogen-bond donors (Lipinski definition) is 3. The minimum Gasteiger partial charge on any atom is -0.480 e. The van der Waals surface area contributed by atoms with Crippen molar-refractivity contribution in [3.63, 3.8) is 0 Å². The van der Waals surface area contributed by atoms with Gasteiger partial charge in [-0.2, -0.15) is 0 Å². The molecule has 3 N–H and O–H groups in total. The summed E-state index contributed by atoms with van der Waals surface area (Å²) in [4.78, 5) is 33.6. The number of benzene rings is 2. The number of carboxylic acid groups (broad SMARTS) is 1. The lowest BCUT2D eigenvalue weighted by atomic mass is 9.98. The van der Waals surface area contributed by atoms with Crippen LogP contribution in [0.15, 0.2) is 60.7 Å². The zero-order chi connectivity index (χ0) is 19.9. The maximum Gasteiger partial charge on any atom is 0.407 e. The molecule has 1 aliphatic carbocycles. The third-order valence-corrected chi connectivity index (χ3v) is 4.39. The van der Waals surface area contributed by atoms with E-state index in [2.05, 4.69) is 22.8 Å². The van der Waals surface area contributed by atoms with Crippen molar-refractivity contribution in [1.82, 2.24) is 10.6 Å². The normalized spacial score (nSPS) is 12.3. The number of carbonyl (C=O) groups is 3. The molecule has 7 heteroatoms. The molecule has 2 aromatic rings. The number of carbonyl (C=O) groups excluding carboxylic acids is 2. The fourth-order valence-electron chi connectivity index (χ4n) is 3.18. The minimum absolute atomic E-state index is 0.0181. The zero-order valence-corrected chi connectivity index (χ0v) is 15.1. The van der Waals surface area contributed by atoms with Gasteiger partial charge in [0.25, 0.3) is 0 Å². The predicted molar refractivity (Wildman–Crippen MR) is 103 cm³/mol. The molecule has 28 heavy (non-hydrogen) atoms. The van der Waals surface area contributed by atoms with Crippen molar-refractivity contribution in [3.8, 4) is 11.1 Å². The molecule has 0 radical (unpaired) electrons. The number of amides is 2. The van der Waals surface area contributed by atoms with Crippen LogP contribution >= 0.6 is 0 Å². The van der Waals surface area contributed by atoms with Gasteiger partial charge in [-0.15, -0.1) is 0 Å². The number of rotatable bonds is 7. The van der Waals surface area contributed by atoms with Crippen molar-refractivity contribution >= 4 is 18.0 Å². The van der Waals surface area contributed by atoms with Crippen LogP contribution in [0.3, 0.4) is 0 Å². The summed E-state index contributed by atoms with van der Waals surface area (Å²) in [6.07, 6.45) is 1.99. The van der Waals surface area contributed by atoms with Crippen LogP contribution in [0.4, 0.5) is 4.79 Å². The number of carboxylic acids is 1. The van der Waals surface area contributed by atoms with Crippen molar-refractivity contribution in [3.05, 3.63) is 71.8 Å². The van der Waals surface area contributed by atoms with E-state index in [0.29, 0.717) is 0 Å². The first-order chi connectivity index (χ1) is 13.6. The maximum absolute atomic E-state index is 11.9. The Bertz CT molecular complexity index is 877. The molecule has 1 aliphatic rings. The molecule has 0 heterocycles. The predicted octanol–water partition coefficient (Wildman–Crippen LogP) is 2.28. The van der Waals surface area contributed by atoms with Crippen molar-refractivity contribution in [1.29, 1.82) is 0 Å². The van der Waals surface area contributed by atoms with Gasteiger partial charge < -0.3 is 20.5 Å². The van der Waals surface area contributed by atoms with Gasteiger partial charge in [0.2, 0.25) is 5.91 Å². The second kappa shape index (κ2) is 8.85. The third kappa shape index (κ3) is 4.56. The Kier molecular flexibility index (Phi) is 6.06. The Labute approximate surface area is 162 Å². The number of fused-ring (bicyclic) bond motifs is 3. The molecule has 2 aromatic carbocycles. The van der Waals surface area contributed by atoms with Crippen LogP contribution in [-0.2, 0) is 14.3 Å².